The number of nitrogens with zero attached hydrogens (tertiary/aromatic N) is 1. The Kier molecular flexibility index (Phi) is 3.41. The standard InChI is InChI=1S/C13H11NO5/c1-7(15)14-11-5-9-3-4-10(18-8(2)16)6-12(9)19-13(11)17/h3-4,6H,5H2,1-2H3. The van der Waals surface area contributed by atoms with E-state index in [-0.39, 0.29) is 12.1 Å². The molecule has 1 heterocycles. The molecule has 0 spiro atoms. The first-order chi connectivity index (χ1) is 8.95. The predicted octanol–water partition coefficient (Wildman–Crippen LogP) is 1.06. The first-order valence-electron chi connectivity index (χ1n) is 5.57. The molecule has 1 amide bonds. The SMILES string of the molecule is CC(=O)N=C1Cc2ccc(OC(C)=O)cc2OC1=O. The van der Waals surface area contributed by atoms with Gasteiger partial charge in [-0.2, -0.15) is 0 Å². The number of benzene rings is 1. The van der Waals surface area contributed by atoms with Gasteiger partial charge < -0.3 is 9.47 Å². The van der Waals surface area contributed by atoms with Crippen molar-refractivity contribution in [1.29, 1.82) is 0 Å². The fourth-order valence-corrected chi connectivity index (χ4v) is 1.69. The number of rotatable bonds is 1. The average Bonchev–Trinajstić information content (AvgIpc) is 2.29. The zero-order valence-electron chi connectivity index (χ0n) is 10.4. The van der Waals surface area contributed by atoms with Gasteiger partial charge in [-0.25, -0.2) is 9.79 Å². The van der Waals surface area contributed by atoms with Crippen LogP contribution in [0.25, 0.3) is 0 Å². The monoisotopic (exact) mass is 261 g/mol. The molecule has 6 heteroatoms. The summed E-state index contributed by atoms with van der Waals surface area (Å²) in [4.78, 5) is 36.9. The van der Waals surface area contributed by atoms with Gasteiger partial charge in [-0.3, -0.25) is 9.59 Å². The Morgan fingerprint density at radius 2 is 2.05 bits per heavy atom. The molecule has 0 N–H and O–H groups in total. The molecular weight excluding hydrogens is 250 g/mol. The second kappa shape index (κ2) is 5.01. The molecule has 1 aliphatic heterocycles. The fraction of sp³-hybridized carbons (Fsp3) is 0.231. The van der Waals surface area contributed by atoms with Crippen molar-refractivity contribution in [3.63, 3.8) is 0 Å². The minimum Gasteiger partial charge on any atom is -0.427 e. The van der Waals surface area contributed by atoms with Crippen LogP contribution < -0.4 is 9.47 Å². The summed E-state index contributed by atoms with van der Waals surface area (Å²) in [6.07, 6.45) is 0.216. The number of esters is 2. The number of aliphatic imine (C=N–C) groups is 1. The molecule has 1 aromatic rings. The van der Waals surface area contributed by atoms with Crippen LogP contribution in [0.1, 0.15) is 19.4 Å². The van der Waals surface area contributed by atoms with Crippen molar-refractivity contribution in [3.05, 3.63) is 23.8 Å². The summed E-state index contributed by atoms with van der Waals surface area (Å²) >= 11 is 0. The van der Waals surface area contributed by atoms with E-state index in [0.717, 1.165) is 0 Å². The molecule has 0 atom stereocenters. The normalized spacial score (nSPS) is 15.7. The summed E-state index contributed by atoms with van der Waals surface area (Å²) in [5.41, 5.74) is 0.774. The summed E-state index contributed by atoms with van der Waals surface area (Å²) in [7, 11) is 0. The maximum Gasteiger partial charge on any atom is 0.358 e. The Morgan fingerprint density at radius 3 is 2.68 bits per heavy atom. The smallest absolute Gasteiger partial charge is 0.358 e. The van der Waals surface area contributed by atoms with Crippen molar-refractivity contribution >= 4 is 23.6 Å². The van der Waals surface area contributed by atoms with E-state index in [9.17, 15) is 14.4 Å². The number of carbonyl (C=O) groups is 3. The van der Waals surface area contributed by atoms with Crippen molar-refractivity contribution in [2.24, 2.45) is 4.99 Å². The zero-order valence-corrected chi connectivity index (χ0v) is 10.4. The Morgan fingerprint density at radius 1 is 1.32 bits per heavy atom. The minimum atomic E-state index is -0.664. The largest absolute Gasteiger partial charge is 0.427 e. The summed E-state index contributed by atoms with van der Waals surface area (Å²) < 4.78 is 9.95. The highest BCUT2D eigenvalue weighted by Crippen LogP contribution is 2.29. The first kappa shape index (κ1) is 12.9. The van der Waals surface area contributed by atoms with Crippen LogP contribution in [0.3, 0.4) is 0 Å². The number of amides is 1. The van der Waals surface area contributed by atoms with Gasteiger partial charge in [0.25, 0.3) is 0 Å². The van der Waals surface area contributed by atoms with Crippen molar-refractivity contribution in [1.82, 2.24) is 0 Å². The van der Waals surface area contributed by atoms with Gasteiger partial charge in [-0.1, -0.05) is 6.07 Å². The van der Waals surface area contributed by atoms with Crippen LogP contribution in [-0.4, -0.2) is 23.6 Å². The number of hydrogen-bond acceptors (Lipinski definition) is 5. The molecule has 1 aliphatic rings. The molecule has 0 saturated carbocycles. The molecule has 2 rings (SSSR count). The Balaban J connectivity index is 2.31. The van der Waals surface area contributed by atoms with E-state index in [2.05, 4.69) is 4.99 Å². The quantitative estimate of drug-likeness (QED) is 0.557. The molecule has 0 fully saturated rings. The maximum atomic E-state index is 11.6. The third-order valence-corrected chi connectivity index (χ3v) is 2.39. The molecule has 0 aliphatic carbocycles. The van der Waals surface area contributed by atoms with Gasteiger partial charge in [0, 0.05) is 31.9 Å². The first-order valence-corrected chi connectivity index (χ1v) is 5.57. The molecule has 0 bridgehead atoms. The zero-order chi connectivity index (χ0) is 14.0. The predicted molar refractivity (Wildman–Crippen MR) is 65.2 cm³/mol. The van der Waals surface area contributed by atoms with Gasteiger partial charge >= 0.3 is 11.9 Å². The van der Waals surface area contributed by atoms with Crippen molar-refractivity contribution in [2.45, 2.75) is 20.3 Å². The Labute approximate surface area is 109 Å². The molecule has 0 aromatic heterocycles. The molecule has 0 saturated heterocycles. The number of ether oxygens (including phenoxy) is 2. The summed E-state index contributed by atoms with van der Waals surface area (Å²) in [6.45, 7) is 2.54. The lowest BCUT2D eigenvalue weighted by molar-refractivity contribution is -0.131. The maximum absolute atomic E-state index is 11.6. The van der Waals surface area contributed by atoms with E-state index in [1.807, 2.05) is 0 Å². The lowest BCUT2D eigenvalue weighted by Gasteiger charge is -2.17. The van der Waals surface area contributed by atoms with Crippen LogP contribution in [0, 0.1) is 0 Å². The second-order valence-electron chi connectivity index (χ2n) is 4.01. The van der Waals surface area contributed by atoms with Gasteiger partial charge in [0.15, 0.2) is 0 Å². The topological polar surface area (TPSA) is 82.0 Å². The van der Waals surface area contributed by atoms with Crippen molar-refractivity contribution in [3.8, 4) is 11.5 Å². The molecule has 19 heavy (non-hydrogen) atoms. The lowest BCUT2D eigenvalue weighted by Crippen LogP contribution is -2.28. The van der Waals surface area contributed by atoms with Crippen LogP contribution >= 0.6 is 0 Å². The molecule has 0 unspecified atom stereocenters. The van der Waals surface area contributed by atoms with Gasteiger partial charge in [0.05, 0.1) is 0 Å². The van der Waals surface area contributed by atoms with E-state index in [0.29, 0.717) is 17.1 Å². The van der Waals surface area contributed by atoms with E-state index >= 15 is 0 Å². The highest BCUT2D eigenvalue weighted by atomic mass is 16.5. The van der Waals surface area contributed by atoms with Crippen LogP contribution in [0.15, 0.2) is 23.2 Å². The molecule has 0 radical (unpaired) electrons. The summed E-state index contributed by atoms with van der Waals surface area (Å²) in [6, 6.07) is 4.71. The number of fused-ring (bicyclic) bond motifs is 1. The fourth-order valence-electron chi connectivity index (χ4n) is 1.69. The summed E-state index contributed by atoms with van der Waals surface area (Å²) in [5, 5.41) is 0. The van der Waals surface area contributed by atoms with Crippen molar-refractivity contribution in [2.75, 3.05) is 0 Å². The van der Waals surface area contributed by atoms with E-state index in [1.54, 1.807) is 12.1 Å². The van der Waals surface area contributed by atoms with Gasteiger partial charge in [-0.05, 0) is 6.07 Å². The molecule has 6 nitrogen and oxygen atoms in total. The number of carbonyl (C=O) groups excluding carboxylic acids is 3. The molecule has 1 aromatic carbocycles. The van der Waals surface area contributed by atoms with Crippen LogP contribution in [-0.2, 0) is 20.8 Å². The van der Waals surface area contributed by atoms with Gasteiger partial charge in [-0.15, -0.1) is 0 Å². The highest BCUT2D eigenvalue weighted by molar-refractivity contribution is 6.39. The van der Waals surface area contributed by atoms with Crippen LogP contribution in [0.4, 0.5) is 0 Å². The minimum absolute atomic E-state index is 0.0697. The van der Waals surface area contributed by atoms with Crippen molar-refractivity contribution < 1.29 is 23.9 Å². The molecule has 98 valence electrons. The van der Waals surface area contributed by atoms with Crippen LogP contribution in [0.2, 0.25) is 0 Å². The Hall–Kier alpha value is -2.50. The lowest BCUT2D eigenvalue weighted by atomic mass is 10.0. The van der Waals surface area contributed by atoms with E-state index < -0.39 is 17.8 Å². The third-order valence-electron chi connectivity index (χ3n) is 2.39. The van der Waals surface area contributed by atoms with Gasteiger partial charge in [0.1, 0.15) is 17.2 Å². The highest BCUT2D eigenvalue weighted by Gasteiger charge is 2.25. The van der Waals surface area contributed by atoms with E-state index in [4.69, 9.17) is 9.47 Å². The molecular formula is C13H11NO5. The van der Waals surface area contributed by atoms with Crippen LogP contribution in [0.5, 0.6) is 11.5 Å². The number of hydrogen-bond donors (Lipinski definition) is 0. The second-order valence-corrected chi connectivity index (χ2v) is 4.01. The Bertz CT molecular complexity index is 603. The third kappa shape index (κ3) is 3.04. The summed E-state index contributed by atoms with van der Waals surface area (Å²) in [5.74, 6) is -0.965. The average molecular weight is 261 g/mol. The van der Waals surface area contributed by atoms with E-state index in [1.165, 1.54) is 19.9 Å². The van der Waals surface area contributed by atoms with Gasteiger partial charge in [0.2, 0.25) is 5.91 Å².